The van der Waals surface area contributed by atoms with Gasteiger partial charge in [0.1, 0.15) is 23.7 Å². The average Bonchev–Trinajstić information content (AvgIpc) is 4.28. The fourth-order valence-corrected chi connectivity index (χ4v) is 10.1. The number of fused-ring (bicyclic) bond motifs is 2. The Morgan fingerprint density at radius 2 is 0.959 bits per heavy atom. The lowest BCUT2D eigenvalue weighted by Crippen LogP contribution is -2.48. The summed E-state index contributed by atoms with van der Waals surface area (Å²) in [6, 6.07) is 30.2. The Balaban J connectivity index is 0.000000180. The number of aliphatic hydroxyl groups excluding tert-OH is 2. The van der Waals surface area contributed by atoms with Crippen LogP contribution in [0.5, 0.6) is 11.5 Å². The van der Waals surface area contributed by atoms with Crippen molar-refractivity contribution in [1.29, 1.82) is 0 Å². The van der Waals surface area contributed by atoms with E-state index in [0.29, 0.717) is 61.4 Å². The first-order chi connectivity index (χ1) is 35.3. The standard InChI is InChI=1S/C28H29Cl2N3O4.C28H28Cl2N2O4/c29-21-7-5-17-13-19(4-3-18(17)14-21)26(32-36)28(35)31-24(16-33-11-1-2-12-33)27(34)20-6-10-25(23(30)15-20)37-22-8-9-22;29-21-7-5-17-13-19(4-3-18(17)14-21)27(34)28(35)31-24(16-32-11-1-2-12-32)26(33)20-6-10-25(23(30)15-20)36-22-8-9-22/h3-7,10,13-15,22,24,27,34,36H,1-2,8-9,11-12,16H2,(H,31,35);3-7,10,13-15,22,24,26,33H,1-2,8-9,11-12,16H2,(H,31,35)/b32-26+;/t24-,27-;24-,26-/m11/s1. The Morgan fingerprint density at radius 1 is 0.548 bits per heavy atom. The Kier molecular flexibility index (Phi) is 17.1. The molecule has 2 aliphatic heterocycles. The lowest BCUT2D eigenvalue weighted by atomic mass is 10.00. The van der Waals surface area contributed by atoms with E-state index in [2.05, 4.69) is 25.6 Å². The van der Waals surface area contributed by atoms with Gasteiger partial charge in [0.25, 0.3) is 11.8 Å². The maximum absolute atomic E-state index is 13.3. The molecule has 382 valence electrons. The Bertz CT molecular complexity index is 3010. The number of carbonyl (C=O) groups is 3. The molecule has 6 aromatic rings. The van der Waals surface area contributed by atoms with Crippen LogP contribution >= 0.6 is 46.4 Å². The number of hydrogen-bond acceptors (Lipinski definition) is 11. The number of ether oxygens (including phenoxy) is 2. The number of likely N-dealkylation sites (tertiary alicyclic amines) is 2. The summed E-state index contributed by atoms with van der Waals surface area (Å²) in [5.41, 5.74) is 1.72. The van der Waals surface area contributed by atoms with Crippen molar-refractivity contribution in [3.8, 4) is 11.5 Å². The van der Waals surface area contributed by atoms with Crippen molar-refractivity contribution in [2.75, 3.05) is 39.3 Å². The number of aliphatic hydroxyl groups is 2. The monoisotopic (exact) mass is 1070 g/mol. The average molecular weight is 1070 g/mol. The highest BCUT2D eigenvalue weighted by molar-refractivity contribution is 6.45. The normalized spacial score (nSPS) is 17.9. The first-order valence-corrected chi connectivity index (χ1v) is 26.3. The number of nitrogens with one attached hydrogen (secondary N) is 2. The number of Topliss-reactive ketones (excluding diaryl/α,β-unsaturated/α-hetero) is 1. The maximum Gasteiger partial charge on any atom is 0.292 e. The van der Waals surface area contributed by atoms with Gasteiger partial charge in [0.2, 0.25) is 5.78 Å². The number of benzene rings is 6. The van der Waals surface area contributed by atoms with Crippen molar-refractivity contribution < 1.29 is 39.3 Å². The number of amides is 2. The second-order valence-corrected chi connectivity index (χ2v) is 21.0. The summed E-state index contributed by atoms with van der Waals surface area (Å²) in [4.78, 5) is 43.8. The molecule has 6 aromatic carbocycles. The lowest BCUT2D eigenvalue weighted by Gasteiger charge is -2.29. The van der Waals surface area contributed by atoms with E-state index in [-0.39, 0.29) is 23.5 Å². The number of nitrogens with zero attached hydrogens (tertiary/aromatic N) is 3. The van der Waals surface area contributed by atoms with Crippen LogP contribution in [-0.4, -0.2) is 112 Å². The summed E-state index contributed by atoms with van der Waals surface area (Å²) in [7, 11) is 0. The first kappa shape index (κ1) is 52.4. The molecule has 4 aliphatic rings. The van der Waals surface area contributed by atoms with Crippen molar-refractivity contribution in [1.82, 2.24) is 20.4 Å². The number of halogens is 4. The molecule has 4 fully saturated rings. The molecule has 5 N–H and O–H groups in total. The minimum absolute atomic E-state index is 0.137. The molecule has 2 saturated heterocycles. The van der Waals surface area contributed by atoms with Crippen LogP contribution in [0.15, 0.2) is 114 Å². The molecular weight excluding hydrogens is 1010 g/mol. The van der Waals surface area contributed by atoms with E-state index in [1.54, 1.807) is 84.9 Å². The van der Waals surface area contributed by atoms with E-state index in [4.69, 9.17) is 55.9 Å². The summed E-state index contributed by atoms with van der Waals surface area (Å²) >= 11 is 25.0. The Morgan fingerprint density at radius 3 is 1.40 bits per heavy atom. The van der Waals surface area contributed by atoms with Gasteiger partial charge in [-0.3, -0.25) is 14.4 Å². The summed E-state index contributed by atoms with van der Waals surface area (Å²) in [6.45, 7) is 4.42. The van der Waals surface area contributed by atoms with E-state index >= 15 is 0 Å². The Labute approximate surface area is 443 Å². The molecule has 2 amide bonds. The van der Waals surface area contributed by atoms with E-state index in [0.717, 1.165) is 99.1 Å². The summed E-state index contributed by atoms with van der Waals surface area (Å²) in [5.74, 6) is -0.822. The smallest absolute Gasteiger partial charge is 0.292 e. The van der Waals surface area contributed by atoms with Gasteiger partial charge in [0, 0.05) is 34.3 Å². The quantitative estimate of drug-likeness (QED) is 0.0183. The minimum Gasteiger partial charge on any atom is -0.489 e. The molecule has 0 spiro atoms. The van der Waals surface area contributed by atoms with Crippen molar-refractivity contribution in [3.63, 3.8) is 0 Å². The zero-order valence-corrected chi connectivity index (χ0v) is 43.0. The predicted octanol–water partition coefficient (Wildman–Crippen LogP) is 10.4. The van der Waals surface area contributed by atoms with Gasteiger partial charge in [0.05, 0.1) is 34.3 Å². The largest absolute Gasteiger partial charge is 0.489 e. The summed E-state index contributed by atoms with van der Waals surface area (Å²) < 4.78 is 11.6. The molecule has 0 radical (unpaired) electrons. The molecule has 0 aromatic heterocycles. The van der Waals surface area contributed by atoms with Crippen LogP contribution in [0.4, 0.5) is 0 Å². The highest BCUT2D eigenvalue weighted by Gasteiger charge is 2.32. The van der Waals surface area contributed by atoms with Crippen LogP contribution in [0.3, 0.4) is 0 Å². The lowest BCUT2D eigenvalue weighted by molar-refractivity contribution is -0.118. The van der Waals surface area contributed by atoms with Crippen molar-refractivity contribution >= 4 is 91.3 Å². The molecular formula is C56H57Cl4N5O8. The molecule has 10 rings (SSSR count). The van der Waals surface area contributed by atoms with Crippen LogP contribution in [0.25, 0.3) is 21.5 Å². The first-order valence-electron chi connectivity index (χ1n) is 24.8. The second-order valence-electron chi connectivity index (χ2n) is 19.3. The fraction of sp³-hybridized carbons (Fsp3) is 0.357. The SMILES string of the molecule is O=C(N[C@H](CN1CCCC1)[C@H](O)c1ccc(OC2CC2)c(Cl)c1)/C(=N/O)c1ccc2cc(Cl)ccc2c1.O=C(N[C@H](CN1CCCC1)[C@H](O)c1ccc(OC2CC2)c(Cl)c1)C(=O)c1ccc2cc(Cl)ccc2c1. The van der Waals surface area contributed by atoms with Crippen LogP contribution in [-0.2, 0) is 9.59 Å². The molecule has 4 atom stereocenters. The highest BCUT2D eigenvalue weighted by Crippen LogP contribution is 2.36. The fourth-order valence-electron chi connectivity index (χ4n) is 9.28. The van der Waals surface area contributed by atoms with Crippen molar-refractivity contribution in [2.24, 2.45) is 5.16 Å². The van der Waals surface area contributed by atoms with E-state index in [9.17, 15) is 29.8 Å². The van der Waals surface area contributed by atoms with Gasteiger partial charge >= 0.3 is 0 Å². The number of carbonyl (C=O) groups excluding carboxylic acids is 3. The van der Waals surface area contributed by atoms with Gasteiger partial charge in [-0.15, -0.1) is 0 Å². The van der Waals surface area contributed by atoms with Gasteiger partial charge in [-0.1, -0.05) is 100 Å². The second kappa shape index (κ2) is 23.8. The summed E-state index contributed by atoms with van der Waals surface area (Å²) in [5, 5.41) is 46.9. The minimum atomic E-state index is -1.05. The predicted molar refractivity (Wildman–Crippen MR) is 286 cm³/mol. The van der Waals surface area contributed by atoms with E-state index < -0.39 is 41.9 Å². The topological polar surface area (TPSA) is 173 Å². The number of rotatable bonds is 18. The third kappa shape index (κ3) is 13.6. The third-order valence-electron chi connectivity index (χ3n) is 13.6. The third-order valence-corrected chi connectivity index (χ3v) is 14.7. The number of oxime groups is 1. The van der Waals surface area contributed by atoms with Crippen LogP contribution in [0, 0.1) is 0 Å². The molecule has 0 unspecified atom stereocenters. The molecule has 13 nitrogen and oxygen atoms in total. The summed E-state index contributed by atoms with van der Waals surface area (Å²) in [6.07, 6.45) is 6.68. The molecule has 17 heteroatoms. The highest BCUT2D eigenvalue weighted by atomic mass is 35.5. The van der Waals surface area contributed by atoms with Crippen molar-refractivity contribution in [2.45, 2.75) is 87.9 Å². The zero-order valence-electron chi connectivity index (χ0n) is 40.0. The van der Waals surface area contributed by atoms with Crippen LogP contribution in [0.1, 0.15) is 90.6 Å². The van der Waals surface area contributed by atoms with Crippen LogP contribution < -0.4 is 20.1 Å². The molecule has 2 heterocycles. The van der Waals surface area contributed by atoms with Gasteiger partial charge in [-0.05, 0) is 171 Å². The molecule has 2 aliphatic carbocycles. The van der Waals surface area contributed by atoms with Gasteiger partial charge in [-0.2, -0.15) is 0 Å². The van der Waals surface area contributed by atoms with E-state index in [1.807, 2.05) is 24.3 Å². The number of hydrogen-bond donors (Lipinski definition) is 5. The Hall–Kier alpha value is -5.48. The molecule has 2 saturated carbocycles. The maximum atomic E-state index is 13.3. The van der Waals surface area contributed by atoms with Crippen molar-refractivity contribution in [3.05, 3.63) is 152 Å². The van der Waals surface area contributed by atoms with Gasteiger partial charge in [-0.25, -0.2) is 0 Å². The number of ketones is 1. The molecule has 73 heavy (non-hydrogen) atoms. The van der Waals surface area contributed by atoms with Gasteiger partial charge in [0.15, 0.2) is 5.71 Å². The zero-order chi connectivity index (χ0) is 51.2. The molecule has 0 bridgehead atoms. The van der Waals surface area contributed by atoms with Gasteiger partial charge < -0.3 is 45.3 Å². The van der Waals surface area contributed by atoms with E-state index in [1.165, 1.54) is 0 Å². The van der Waals surface area contributed by atoms with Crippen LogP contribution in [0.2, 0.25) is 20.1 Å².